The molecule has 1 N–H and O–H groups in total. The molecule has 0 fully saturated rings. The van der Waals surface area contributed by atoms with E-state index >= 15 is 0 Å². The summed E-state index contributed by atoms with van der Waals surface area (Å²) in [6.07, 6.45) is 1.04. The average Bonchev–Trinajstić information content (AvgIpc) is 2.29. The van der Waals surface area contributed by atoms with E-state index in [2.05, 4.69) is 17.2 Å². The summed E-state index contributed by atoms with van der Waals surface area (Å²) in [5.74, 6) is 0.0988. The number of carbonyl (C=O) groups excluding carboxylic acids is 1. The maximum absolute atomic E-state index is 11.7. The molecule has 0 aliphatic heterocycles. The van der Waals surface area contributed by atoms with Gasteiger partial charge >= 0.3 is 0 Å². The third kappa shape index (κ3) is 4.95. The number of hydrogen-bond donors (Lipinski definition) is 1. The largest absolute Gasteiger partial charge is 0.339 e. The summed E-state index contributed by atoms with van der Waals surface area (Å²) >= 11 is 0. The Bertz CT molecular complexity index is 365. The Morgan fingerprint density at radius 3 is 2.88 bits per heavy atom. The quantitative estimate of drug-likeness (QED) is 0.757. The molecule has 0 unspecified atom stereocenters. The van der Waals surface area contributed by atoms with Gasteiger partial charge in [0, 0.05) is 12.7 Å². The first kappa shape index (κ1) is 13.6. The summed E-state index contributed by atoms with van der Waals surface area (Å²) in [7, 11) is 1.81. The highest BCUT2D eigenvalue weighted by Crippen LogP contribution is 2.01. The van der Waals surface area contributed by atoms with Crippen LogP contribution in [0.4, 0.5) is 0 Å². The lowest BCUT2D eigenvalue weighted by Gasteiger charge is -2.17. The summed E-state index contributed by atoms with van der Waals surface area (Å²) in [4.78, 5) is 17.8. The smallest absolute Gasteiger partial charge is 0.236 e. The minimum Gasteiger partial charge on any atom is -0.339 e. The Kier molecular flexibility index (Phi) is 5.63. The van der Waals surface area contributed by atoms with Gasteiger partial charge in [-0.1, -0.05) is 13.0 Å². The van der Waals surface area contributed by atoms with E-state index < -0.39 is 0 Å². The van der Waals surface area contributed by atoms with E-state index in [1.54, 1.807) is 11.9 Å². The van der Waals surface area contributed by atoms with Crippen LogP contribution in [0, 0.1) is 6.92 Å². The van der Waals surface area contributed by atoms with Gasteiger partial charge in [0.05, 0.1) is 18.8 Å². The molecule has 17 heavy (non-hydrogen) atoms. The highest BCUT2D eigenvalue weighted by atomic mass is 16.2. The third-order valence-electron chi connectivity index (χ3n) is 2.47. The van der Waals surface area contributed by atoms with Crippen LogP contribution in [0.25, 0.3) is 0 Å². The molecule has 1 amide bonds. The molecule has 1 rings (SSSR count). The van der Waals surface area contributed by atoms with E-state index in [1.165, 1.54) is 0 Å². The van der Waals surface area contributed by atoms with Crippen LogP contribution in [0.2, 0.25) is 0 Å². The molecule has 0 aliphatic carbocycles. The van der Waals surface area contributed by atoms with Crippen LogP contribution >= 0.6 is 0 Å². The second kappa shape index (κ2) is 7.01. The highest BCUT2D eigenvalue weighted by molar-refractivity contribution is 5.77. The van der Waals surface area contributed by atoms with Crippen molar-refractivity contribution in [2.45, 2.75) is 26.8 Å². The Morgan fingerprint density at radius 1 is 1.47 bits per heavy atom. The molecule has 0 aliphatic rings. The summed E-state index contributed by atoms with van der Waals surface area (Å²) in [5.41, 5.74) is 1.91. The van der Waals surface area contributed by atoms with Crippen molar-refractivity contribution < 1.29 is 4.79 Å². The van der Waals surface area contributed by atoms with Gasteiger partial charge in [-0.15, -0.1) is 0 Å². The van der Waals surface area contributed by atoms with Crippen molar-refractivity contribution in [2.75, 3.05) is 20.1 Å². The predicted octanol–water partition coefficient (Wildman–Crippen LogP) is 1.35. The van der Waals surface area contributed by atoms with Crippen LogP contribution in [0.1, 0.15) is 24.7 Å². The SMILES string of the molecule is CCCNCC(=O)N(C)Cc1cccc(C)n1. The van der Waals surface area contributed by atoms with Gasteiger partial charge in [-0.3, -0.25) is 9.78 Å². The number of aryl methyl sites for hydroxylation is 1. The lowest BCUT2D eigenvalue weighted by molar-refractivity contribution is -0.129. The van der Waals surface area contributed by atoms with Gasteiger partial charge in [0.1, 0.15) is 0 Å². The normalized spacial score (nSPS) is 10.3. The number of hydrogen-bond acceptors (Lipinski definition) is 3. The van der Waals surface area contributed by atoms with Crippen LogP contribution in [0.5, 0.6) is 0 Å². The van der Waals surface area contributed by atoms with Gasteiger partial charge in [-0.2, -0.15) is 0 Å². The van der Waals surface area contributed by atoms with E-state index in [0.29, 0.717) is 13.1 Å². The van der Waals surface area contributed by atoms with Gasteiger partial charge in [-0.05, 0) is 32.0 Å². The minimum atomic E-state index is 0.0988. The summed E-state index contributed by atoms with van der Waals surface area (Å²) in [5, 5.41) is 3.10. The van der Waals surface area contributed by atoms with Gasteiger partial charge in [0.15, 0.2) is 0 Å². The fourth-order valence-corrected chi connectivity index (χ4v) is 1.53. The van der Waals surface area contributed by atoms with Crippen LogP contribution in [-0.4, -0.2) is 35.9 Å². The standard InChI is InChI=1S/C13H21N3O/c1-4-8-14-9-13(17)16(3)10-12-7-5-6-11(2)15-12/h5-7,14H,4,8-10H2,1-3H3. The van der Waals surface area contributed by atoms with Crippen molar-refractivity contribution in [3.63, 3.8) is 0 Å². The lowest BCUT2D eigenvalue weighted by atomic mass is 10.3. The molecule has 1 heterocycles. The molecule has 4 nitrogen and oxygen atoms in total. The fourth-order valence-electron chi connectivity index (χ4n) is 1.53. The molecule has 0 aromatic carbocycles. The van der Waals surface area contributed by atoms with Gasteiger partial charge in [0.25, 0.3) is 0 Å². The maximum Gasteiger partial charge on any atom is 0.236 e. The first-order valence-corrected chi connectivity index (χ1v) is 6.00. The molecule has 4 heteroatoms. The summed E-state index contributed by atoms with van der Waals surface area (Å²) in [6, 6.07) is 5.86. The Hall–Kier alpha value is -1.42. The third-order valence-corrected chi connectivity index (χ3v) is 2.47. The van der Waals surface area contributed by atoms with E-state index in [1.807, 2.05) is 25.1 Å². The number of aromatic nitrogens is 1. The van der Waals surface area contributed by atoms with Crippen LogP contribution in [-0.2, 0) is 11.3 Å². The van der Waals surface area contributed by atoms with Crippen molar-refractivity contribution >= 4 is 5.91 Å². The van der Waals surface area contributed by atoms with E-state index in [4.69, 9.17) is 0 Å². The van der Waals surface area contributed by atoms with Crippen molar-refractivity contribution in [3.8, 4) is 0 Å². The molecule has 94 valence electrons. The summed E-state index contributed by atoms with van der Waals surface area (Å²) in [6.45, 7) is 5.87. The maximum atomic E-state index is 11.7. The molecule has 0 radical (unpaired) electrons. The number of nitrogens with zero attached hydrogens (tertiary/aromatic N) is 2. The topological polar surface area (TPSA) is 45.2 Å². The molecule has 1 aromatic rings. The molecule has 0 saturated heterocycles. The fraction of sp³-hybridized carbons (Fsp3) is 0.538. The highest BCUT2D eigenvalue weighted by Gasteiger charge is 2.08. The van der Waals surface area contributed by atoms with Crippen LogP contribution in [0.15, 0.2) is 18.2 Å². The minimum absolute atomic E-state index is 0.0988. The van der Waals surface area contributed by atoms with Crippen LogP contribution in [0.3, 0.4) is 0 Å². The van der Waals surface area contributed by atoms with Gasteiger partial charge < -0.3 is 10.2 Å². The summed E-state index contributed by atoms with van der Waals surface area (Å²) < 4.78 is 0. The van der Waals surface area contributed by atoms with Crippen molar-refractivity contribution in [3.05, 3.63) is 29.6 Å². The first-order chi connectivity index (χ1) is 8.13. The molecule has 1 aromatic heterocycles. The second-order valence-corrected chi connectivity index (χ2v) is 4.20. The van der Waals surface area contributed by atoms with E-state index in [9.17, 15) is 4.79 Å². The second-order valence-electron chi connectivity index (χ2n) is 4.20. The zero-order chi connectivity index (χ0) is 12.7. The monoisotopic (exact) mass is 235 g/mol. The Labute approximate surface area is 103 Å². The first-order valence-electron chi connectivity index (χ1n) is 6.00. The molecule has 0 saturated carbocycles. The van der Waals surface area contributed by atoms with Crippen molar-refractivity contribution in [1.29, 1.82) is 0 Å². The molecule has 0 bridgehead atoms. The van der Waals surface area contributed by atoms with Crippen molar-refractivity contribution in [1.82, 2.24) is 15.2 Å². The number of nitrogens with one attached hydrogen (secondary N) is 1. The molecule has 0 spiro atoms. The lowest BCUT2D eigenvalue weighted by Crippen LogP contribution is -2.35. The Morgan fingerprint density at radius 2 is 2.24 bits per heavy atom. The number of amides is 1. The van der Waals surface area contributed by atoms with Gasteiger partial charge in [-0.25, -0.2) is 0 Å². The zero-order valence-electron chi connectivity index (χ0n) is 10.9. The van der Waals surface area contributed by atoms with Crippen LogP contribution < -0.4 is 5.32 Å². The Balaban J connectivity index is 2.43. The van der Waals surface area contributed by atoms with E-state index in [0.717, 1.165) is 24.4 Å². The zero-order valence-corrected chi connectivity index (χ0v) is 10.9. The average molecular weight is 235 g/mol. The number of rotatable bonds is 6. The van der Waals surface area contributed by atoms with E-state index in [-0.39, 0.29) is 5.91 Å². The molecule has 0 atom stereocenters. The number of likely N-dealkylation sites (N-methyl/N-ethyl adjacent to an activating group) is 1. The van der Waals surface area contributed by atoms with Gasteiger partial charge in [0.2, 0.25) is 5.91 Å². The molecular weight excluding hydrogens is 214 g/mol. The predicted molar refractivity (Wildman–Crippen MR) is 68.6 cm³/mol. The molecular formula is C13H21N3O. The number of pyridine rings is 1. The number of carbonyl (C=O) groups is 1. The van der Waals surface area contributed by atoms with Crippen molar-refractivity contribution in [2.24, 2.45) is 0 Å².